The second-order valence-corrected chi connectivity index (χ2v) is 7.12. The number of carboxylic acid groups (broad SMARTS) is 1. The molecule has 2 aliphatic rings. The summed E-state index contributed by atoms with van der Waals surface area (Å²) in [6, 6.07) is 0.919. The number of fused-ring (bicyclic) bond motifs is 1. The van der Waals surface area contributed by atoms with Gasteiger partial charge >= 0.3 is 5.97 Å². The predicted octanol–water partition coefficient (Wildman–Crippen LogP) is 2.34. The lowest BCUT2D eigenvalue weighted by molar-refractivity contribution is 0.0694. The van der Waals surface area contributed by atoms with Crippen LogP contribution in [0.5, 0.6) is 5.75 Å². The van der Waals surface area contributed by atoms with E-state index in [1.807, 2.05) is 11.8 Å². The Bertz CT molecular complexity index is 1200. The summed E-state index contributed by atoms with van der Waals surface area (Å²) in [6.45, 7) is 3.01. The fraction of sp³-hybridized carbons (Fsp3) is 0.316. The lowest BCUT2D eigenvalue weighted by Crippen LogP contribution is -2.33. The lowest BCUT2D eigenvalue weighted by atomic mass is 10.0. The first-order chi connectivity index (χ1) is 13.5. The summed E-state index contributed by atoms with van der Waals surface area (Å²) >= 11 is 0. The van der Waals surface area contributed by atoms with E-state index < -0.39 is 17.2 Å². The molecule has 28 heavy (non-hydrogen) atoms. The molecule has 1 N–H and O–H groups in total. The van der Waals surface area contributed by atoms with Crippen LogP contribution in [0.4, 0.5) is 10.1 Å². The van der Waals surface area contributed by atoms with Crippen LogP contribution >= 0.6 is 0 Å². The number of hydrogen-bond acceptors (Lipinski definition) is 6. The van der Waals surface area contributed by atoms with Crippen LogP contribution in [0.2, 0.25) is 0 Å². The number of benzene rings is 1. The maximum Gasteiger partial charge on any atom is 0.341 e. The first-order valence-corrected chi connectivity index (χ1v) is 8.90. The molecule has 0 radical (unpaired) electrons. The van der Waals surface area contributed by atoms with E-state index in [0.29, 0.717) is 25.0 Å². The van der Waals surface area contributed by atoms with Gasteiger partial charge in [0.15, 0.2) is 11.6 Å². The smallest absolute Gasteiger partial charge is 0.341 e. The minimum atomic E-state index is -1.34. The summed E-state index contributed by atoms with van der Waals surface area (Å²) in [6.07, 6.45) is 3.51. The van der Waals surface area contributed by atoms with Gasteiger partial charge in [-0.2, -0.15) is 0 Å². The Hall–Kier alpha value is -3.36. The number of halogens is 1. The summed E-state index contributed by atoms with van der Waals surface area (Å²) in [5.74, 6) is -0.912. The van der Waals surface area contributed by atoms with Gasteiger partial charge in [-0.1, -0.05) is 5.16 Å². The average molecular weight is 385 g/mol. The molecule has 3 aromatic rings. The number of rotatable bonds is 2. The van der Waals surface area contributed by atoms with Crippen molar-refractivity contribution in [3.05, 3.63) is 51.4 Å². The van der Waals surface area contributed by atoms with Gasteiger partial charge in [0.25, 0.3) is 0 Å². The van der Waals surface area contributed by atoms with Crippen molar-refractivity contribution in [1.82, 2.24) is 9.72 Å². The molecule has 0 spiro atoms. The monoisotopic (exact) mass is 385 g/mol. The SMILES string of the molecule is CC1COc2c(N3CCc4oncc4C3)c(F)cc3c(=O)c(C(=O)O)cn1c23. The van der Waals surface area contributed by atoms with E-state index in [1.54, 1.807) is 10.8 Å². The van der Waals surface area contributed by atoms with E-state index >= 15 is 4.39 Å². The molecule has 5 rings (SSSR count). The number of aromatic nitrogens is 2. The molecule has 0 bridgehead atoms. The Morgan fingerprint density at radius 3 is 3.04 bits per heavy atom. The maximum atomic E-state index is 15.2. The minimum Gasteiger partial charge on any atom is -0.487 e. The molecule has 1 atom stereocenters. The highest BCUT2D eigenvalue weighted by atomic mass is 19.1. The number of pyridine rings is 1. The molecule has 9 heteroatoms. The van der Waals surface area contributed by atoms with Crippen LogP contribution < -0.4 is 15.1 Å². The number of ether oxygens (including phenoxy) is 1. The normalized spacial score (nSPS) is 18.1. The van der Waals surface area contributed by atoms with Crippen molar-refractivity contribution < 1.29 is 23.6 Å². The van der Waals surface area contributed by atoms with Crippen molar-refractivity contribution in [1.29, 1.82) is 0 Å². The van der Waals surface area contributed by atoms with Crippen molar-refractivity contribution in [2.45, 2.75) is 25.9 Å². The fourth-order valence-corrected chi connectivity index (χ4v) is 3.99. The largest absolute Gasteiger partial charge is 0.487 e. The van der Waals surface area contributed by atoms with E-state index in [2.05, 4.69) is 5.16 Å². The topological polar surface area (TPSA) is 97.8 Å². The van der Waals surface area contributed by atoms with Crippen LogP contribution in [0.3, 0.4) is 0 Å². The van der Waals surface area contributed by atoms with Gasteiger partial charge in [0.1, 0.15) is 23.6 Å². The fourth-order valence-electron chi connectivity index (χ4n) is 3.99. The zero-order valence-electron chi connectivity index (χ0n) is 14.9. The molecule has 1 aromatic carbocycles. The molecular weight excluding hydrogens is 369 g/mol. The van der Waals surface area contributed by atoms with Crippen LogP contribution in [0.15, 0.2) is 27.8 Å². The number of anilines is 1. The van der Waals surface area contributed by atoms with Crippen LogP contribution in [-0.4, -0.2) is 34.0 Å². The third kappa shape index (κ3) is 2.25. The van der Waals surface area contributed by atoms with Crippen molar-refractivity contribution >= 4 is 22.6 Å². The molecule has 0 saturated carbocycles. The van der Waals surface area contributed by atoms with Crippen LogP contribution in [-0.2, 0) is 13.0 Å². The van der Waals surface area contributed by atoms with Gasteiger partial charge in [-0.05, 0) is 13.0 Å². The molecule has 144 valence electrons. The number of hydrogen-bond donors (Lipinski definition) is 1. The number of aromatic carboxylic acids is 1. The maximum absolute atomic E-state index is 15.2. The first kappa shape index (κ1) is 16.8. The Morgan fingerprint density at radius 1 is 1.43 bits per heavy atom. The highest BCUT2D eigenvalue weighted by molar-refractivity contribution is 5.97. The molecule has 0 saturated heterocycles. The van der Waals surface area contributed by atoms with Crippen LogP contribution in [0.25, 0.3) is 10.9 Å². The molecule has 2 aromatic heterocycles. The van der Waals surface area contributed by atoms with E-state index in [9.17, 15) is 14.7 Å². The van der Waals surface area contributed by atoms with Gasteiger partial charge in [0.05, 0.1) is 23.1 Å². The average Bonchev–Trinajstić information content (AvgIpc) is 3.13. The molecule has 8 nitrogen and oxygen atoms in total. The minimum absolute atomic E-state index is 0.00498. The summed E-state index contributed by atoms with van der Waals surface area (Å²) < 4.78 is 27.9. The molecule has 4 heterocycles. The highest BCUT2D eigenvalue weighted by Gasteiger charge is 2.31. The van der Waals surface area contributed by atoms with Crippen molar-refractivity contribution in [3.8, 4) is 5.75 Å². The van der Waals surface area contributed by atoms with Crippen molar-refractivity contribution in [3.63, 3.8) is 0 Å². The van der Waals surface area contributed by atoms with E-state index in [-0.39, 0.29) is 35.0 Å². The van der Waals surface area contributed by atoms with Gasteiger partial charge in [-0.3, -0.25) is 4.79 Å². The van der Waals surface area contributed by atoms with Crippen LogP contribution in [0, 0.1) is 5.82 Å². The van der Waals surface area contributed by atoms with Crippen molar-refractivity contribution in [2.24, 2.45) is 0 Å². The Balaban J connectivity index is 1.77. The second kappa shape index (κ2) is 5.82. The number of carboxylic acids is 1. The third-order valence-corrected chi connectivity index (χ3v) is 5.39. The zero-order chi connectivity index (χ0) is 19.6. The van der Waals surface area contributed by atoms with E-state index in [4.69, 9.17) is 9.26 Å². The Kier molecular flexibility index (Phi) is 3.49. The quantitative estimate of drug-likeness (QED) is 0.723. The van der Waals surface area contributed by atoms with Gasteiger partial charge in [-0.15, -0.1) is 0 Å². The molecule has 0 aliphatic carbocycles. The summed E-state index contributed by atoms with van der Waals surface area (Å²) in [5.41, 5.74) is 0.457. The molecule has 2 aliphatic heterocycles. The lowest BCUT2D eigenvalue weighted by Gasteiger charge is -2.33. The van der Waals surface area contributed by atoms with Gasteiger partial charge in [0, 0.05) is 31.3 Å². The molecule has 0 fully saturated rings. The Labute approximate surface area is 157 Å². The summed E-state index contributed by atoms with van der Waals surface area (Å²) in [7, 11) is 0. The summed E-state index contributed by atoms with van der Waals surface area (Å²) in [5, 5.41) is 13.2. The third-order valence-electron chi connectivity index (χ3n) is 5.39. The Morgan fingerprint density at radius 2 is 2.25 bits per heavy atom. The van der Waals surface area contributed by atoms with Gasteiger partial charge < -0.3 is 23.8 Å². The number of nitrogens with zero attached hydrogens (tertiary/aromatic N) is 3. The van der Waals surface area contributed by atoms with E-state index in [0.717, 1.165) is 17.4 Å². The molecule has 0 amide bonds. The van der Waals surface area contributed by atoms with Crippen LogP contribution in [0.1, 0.15) is 34.6 Å². The van der Waals surface area contributed by atoms with Gasteiger partial charge in [-0.25, -0.2) is 9.18 Å². The van der Waals surface area contributed by atoms with Crippen molar-refractivity contribution in [2.75, 3.05) is 18.1 Å². The first-order valence-electron chi connectivity index (χ1n) is 8.90. The second-order valence-electron chi connectivity index (χ2n) is 7.12. The number of carbonyl (C=O) groups is 1. The van der Waals surface area contributed by atoms with Gasteiger partial charge in [0.2, 0.25) is 5.43 Å². The van der Waals surface area contributed by atoms with E-state index in [1.165, 1.54) is 6.20 Å². The molecule has 1 unspecified atom stereocenters. The highest BCUT2D eigenvalue weighted by Crippen LogP contribution is 2.43. The predicted molar refractivity (Wildman–Crippen MR) is 96.6 cm³/mol. The molecular formula is C19H16FN3O5. The standard InChI is InChI=1S/C19H16FN3O5/c1-9-8-27-18-15-11(17(24)12(19(25)26)7-23(9)15)4-13(20)16(18)22-3-2-14-10(6-22)5-21-28-14/h4-5,7,9H,2-3,6,8H2,1H3,(H,25,26). The summed E-state index contributed by atoms with van der Waals surface area (Å²) in [4.78, 5) is 25.9. The zero-order valence-corrected chi connectivity index (χ0v) is 14.9.